The van der Waals surface area contributed by atoms with Crippen molar-refractivity contribution in [3.8, 4) is 0 Å². The zero-order chi connectivity index (χ0) is 9.97. The molecule has 74 valence electrons. The highest BCUT2D eigenvalue weighted by Gasteiger charge is 2.23. The normalized spacial score (nSPS) is 26.6. The lowest BCUT2D eigenvalue weighted by molar-refractivity contribution is -0.188. The lowest BCUT2D eigenvalue weighted by atomic mass is 10.2. The Morgan fingerprint density at radius 2 is 1.93 bits per heavy atom. The van der Waals surface area contributed by atoms with Crippen molar-refractivity contribution in [1.29, 1.82) is 0 Å². The highest BCUT2D eigenvalue weighted by Crippen LogP contribution is 2.07. The number of aliphatic hydroxyl groups is 2. The van der Waals surface area contributed by atoms with Gasteiger partial charge in [0, 0.05) is 5.56 Å². The molecule has 1 aliphatic rings. The molecule has 2 rings (SSSR count). The van der Waals surface area contributed by atoms with Gasteiger partial charge in [-0.05, 0) is 0 Å². The number of benzene rings is 1. The molecule has 0 bridgehead atoms. The maximum absolute atomic E-state index is 9.21. The summed E-state index contributed by atoms with van der Waals surface area (Å²) in [6.07, 6.45) is -2.56. The Morgan fingerprint density at radius 3 is 2.57 bits per heavy atom. The van der Waals surface area contributed by atoms with Crippen molar-refractivity contribution in [3.63, 3.8) is 0 Å². The number of nitrogens with one attached hydrogen (secondary N) is 1. The Balaban J connectivity index is 2.24. The van der Waals surface area contributed by atoms with E-state index in [0.29, 0.717) is 5.84 Å². The maximum Gasteiger partial charge on any atom is 0.228 e. The third kappa shape index (κ3) is 1.74. The third-order valence-corrected chi connectivity index (χ3v) is 1.84. The van der Waals surface area contributed by atoms with Gasteiger partial charge in [-0.3, -0.25) is 0 Å². The Labute approximate surface area is 80.6 Å². The van der Waals surface area contributed by atoms with Crippen molar-refractivity contribution < 1.29 is 15.1 Å². The summed E-state index contributed by atoms with van der Waals surface area (Å²) in [5, 5.41) is 18.2. The largest absolute Gasteiger partial charge is 0.367 e. The summed E-state index contributed by atoms with van der Waals surface area (Å²) >= 11 is 0. The molecule has 0 unspecified atom stereocenters. The standard InChI is InChI=1S/C9H10N2O3/c12-8-9(13)14-11-7(10-8)6-4-2-1-3-5-6/h1-5,8-9,12-13H,(H,10,11)/t8-,9+/m0/s1. The van der Waals surface area contributed by atoms with Crippen molar-refractivity contribution in [3.05, 3.63) is 35.9 Å². The number of aliphatic imine (C=N–C) groups is 1. The van der Waals surface area contributed by atoms with Gasteiger partial charge in [-0.15, -0.1) is 0 Å². The van der Waals surface area contributed by atoms with Crippen LogP contribution in [0.25, 0.3) is 0 Å². The number of aliphatic hydroxyl groups excluding tert-OH is 2. The fourth-order valence-electron chi connectivity index (χ4n) is 1.13. The number of hydrogen-bond donors (Lipinski definition) is 3. The minimum atomic E-state index is -1.32. The molecule has 1 aromatic carbocycles. The second-order valence-corrected chi connectivity index (χ2v) is 2.87. The molecule has 0 fully saturated rings. The lowest BCUT2D eigenvalue weighted by Crippen LogP contribution is -2.42. The van der Waals surface area contributed by atoms with Crippen LogP contribution in [0.1, 0.15) is 5.56 Å². The van der Waals surface area contributed by atoms with Gasteiger partial charge < -0.3 is 10.2 Å². The SMILES string of the molecule is O[C@@H]1N=C(c2ccccc2)NO[C@H]1O. The summed E-state index contributed by atoms with van der Waals surface area (Å²) in [7, 11) is 0. The highest BCUT2D eigenvalue weighted by atomic mass is 16.7. The zero-order valence-corrected chi connectivity index (χ0v) is 7.29. The van der Waals surface area contributed by atoms with E-state index < -0.39 is 12.5 Å². The molecule has 0 spiro atoms. The number of rotatable bonds is 1. The van der Waals surface area contributed by atoms with Crippen molar-refractivity contribution in [2.75, 3.05) is 0 Å². The molecule has 2 atom stereocenters. The van der Waals surface area contributed by atoms with E-state index in [9.17, 15) is 5.11 Å². The molecular weight excluding hydrogens is 184 g/mol. The van der Waals surface area contributed by atoms with Crippen molar-refractivity contribution in [2.24, 2.45) is 4.99 Å². The van der Waals surface area contributed by atoms with Crippen LogP contribution < -0.4 is 5.48 Å². The van der Waals surface area contributed by atoms with E-state index in [1.165, 1.54) is 0 Å². The second-order valence-electron chi connectivity index (χ2n) is 2.87. The van der Waals surface area contributed by atoms with Crippen LogP contribution in [0.4, 0.5) is 0 Å². The Kier molecular flexibility index (Phi) is 2.45. The molecule has 0 saturated heterocycles. The first-order valence-electron chi connectivity index (χ1n) is 4.18. The molecule has 5 heteroatoms. The molecule has 1 heterocycles. The zero-order valence-electron chi connectivity index (χ0n) is 7.29. The number of hydrogen-bond acceptors (Lipinski definition) is 5. The van der Waals surface area contributed by atoms with Gasteiger partial charge in [0.25, 0.3) is 0 Å². The Morgan fingerprint density at radius 1 is 1.21 bits per heavy atom. The number of nitrogens with zero attached hydrogens (tertiary/aromatic N) is 1. The van der Waals surface area contributed by atoms with E-state index in [4.69, 9.17) is 5.11 Å². The van der Waals surface area contributed by atoms with Gasteiger partial charge in [0.15, 0.2) is 5.84 Å². The van der Waals surface area contributed by atoms with Crippen molar-refractivity contribution in [2.45, 2.75) is 12.5 Å². The first kappa shape index (κ1) is 9.14. The molecule has 14 heavy (non-hydrogen) atoms. The third-order valence-electron chi connectivity index (χ3n) is 1.84. The van der Waals surface area contributed by atoms with Gasteiger partial charge in [0.1, 0.15) is 0 Å². The van der Waals surface area contributed by atoms with E-state index in [-0.39, 0.29) is 0 Å². The molecular formula is C9H10N2O3. The summed E-state index contributed by atoms with van der Waals surface area (Å²) in [6, 6.07) is 9.20. The maximum atomic E-state index is 9.21. The van der Waals surface area contributed by atoms with Crippen LogP contribution in [-0.4, -0.2) is 28.6 Å². The summed E-state index contributed by atoms with van der Waals surface area (Å²) < 4.78 is 0. The highest BCUT2D eigenvalue weighted by molar-refractivity contribution is 5.98. The van der Waals surface area contributed by atoms with E-state index in [0.717, 1.165) is 5.56 Å². The molecule has 5 nitrogen and oxygen atoms in total. The summed E-state index contributed by atoms with van der Waals surface area (Å²) in [5.74, 6) is 0.406. The monoisotopic (exact) mass is 194 g/mol. The molecule has 3 N–H and O–H groups in total. The minimum absolute atomic E-state index is 0.406. The van der Waals surface area contributed by atoms with Gasteiger partial charge in [-0.25, -0.2) is 15.3 Å². The van der Waals surface area contributed by atoms with Crippen LogP contribution in [-0.2, 0) is 4.84 Å². The van der Waals surface area contributed by atoms with Gasteiger partial charge in [0.2, 0.25) is 12.5 Å². The average Bonchev–Trinajstić information content (AvgIpc) is 2.23. The first-order valence-corrected chi connectivity index (χ1v) is 4.18. The van der Waals surface area contributed by atoms with Gasteiger partial charge in [0.05, 0.1) is 0 Å². The first-order chi connectivity index (χ1) is 6.77. The second kappa shape index (κ2) is 3.75. The topological polar surface area (TPSA) is 74.1 Å². The van der Waals surface area contributed by atoms with Crippen LogP contribution in [0.15, 0.2) is 35.3 Å². The molecule has 0 aliphatic carbocycles. The molecule has 0 saturated carbocycles. The molecule has 0 aromatic heterocycles. The molecule has 0 amide bonds. The smallest absolute Gasteiger partial charge is 0.228 e. The Hall–Kier alpha value is -1.43. The van der Waals surface area contributed by atoms with Gasteiger partial charge in [-0.1, -0.05) is 30.3 Å². The fraction of sp³-hybridized carbons (Fsp3) is 0.222. The van der Waals surface area contributed by atoms with Crippen LogP contribution >= 0.6 is 0 Å². The van der Waals surface area contributed by atoms with E-state index in [1.807, 2.05) is 30.3 Å². The fourth-order valence-corrected chi connectivity index (χ4v) is 1.13. The van der Waals surface area contributed by atoms with Crippen LogP contribution in [0.3, 0.4) is 0 Å². The van der Waals surface area contributed by atoms with Gasteiger partial charge >= 0.3 is 0 Å². The molecule has 1 aromatic rings. The summed E-state index contributed by atoms with van der Waals surface area (Å²) in [4.78, 5) is 8.50. The van der Waals surface area contributed by atoms with E-state index >= 15 is 0 Å². The quantitative estimate of drug-likeness (QED) is 0.569. The predicted octanol–water partition coefficient (Wildman–Crippen LogP) is -0.395. The van der Waals surface area contributed by atoms with Crippen LogP contribution in [0.5, 0.6) is 0 Å². The minimum Gasteiger partial charge on any atom is -0.367 e. The summed E-state index contributed by atoms with van der Waals surface area (Å²) in [6.45, 7) is 0. The van der Waals surface area contributed by atoms with E-state index in [1.54, 1.807) is 0 Å². The van der Waals surface area contributed by atoms with Crippen LogP contribution in [0, 0.1) is 0 Å². The molecule has 0 radical (unpaired) electrons. The van der Waals surface area contributed by atoms with Crippen molar-refractivity contribution in [1.82, 2.24) is 5.48 Å². The predicted molar refractivity (Wildman–Crippen MR) is 49.2 cm³/mol. The summed E-state index contributed by atoms with van der Waals surface area (Å²) in [5.41, 5.74) is 3.25. The van der Waals surface area contributed by atoms with Crippen LogP contribution in [0.2, 0.25) is 0 Å². The van der Waals surface area contributed by atoms with Gasteiger partial charge in [-0.2, -0.15) is 0 Å². The van der Waals surface area contributed by atoms with Crippen molar-refractivity contribution >= 4 is 5.84 Å². The lowest BCUT2D eigenvalue weighted by Gasteiger charge is -2.22. The number of amidine groups is 1. The van der Waals surface area contributed by atoms with E-state index in [2.05, 4.69) is 15.3 Å². The average molecular weight is 194 g/mol. The molecule has 1 aliphatic heterocycles. The number of hydroxylamine groups is 1. The Bertz CT molecular complexity index is 339.